The first-order valence-corrected chi connectivity index (χ1v) is 11.0. The molecule has 3 aromatic carbocycles. The Morgan fingerprint density at radius 2 is 1.59 bits per heavy atom. The molecule has 7 nitrogen and oxygen atoms in total. The second kappa shape index (κ2) is 11.8. The SMILES string of the molecule is COc1cc(OC)cc(C(=O)N/N=C\c2cc(Cl)c(OCc3ccc(Cl)c(Cl)c3)c(OC)c2)c1. The van der Waals surface area contributed by atoms with Gasteiger partial charge >= 0.3 is 0 Å². The molecule has 3 aromatic rings. The molecule has 0 bridgehead atoms. The first kappa shape index (κ1) is 25.5. The van der Waals surface area contributed by atoms with Gasteiger partial charge in [-0.25, -0.2) is 5.43 Å². The molecule has 3 rings (SSSR count). The van der Waals surface area contributed by atoms with Crippen LogP contribution in [0.2, 0.25) is 15.1 Å². The number of methoxy groups -OCH3 is 3. The molecule has 0 saturated heterocycles. The fraction of sp³-hybridized carbons (Fsp3) is 0.167. The molecular weight excluding hydrogens is 503 g/mol. The fourth-order valence-electron chi connectivity index (χ4n) is 2.91. The van der Waals surface area contributed by atoms with Gasteiger partial charge in [0.05, 0.1) is 42.6 Å². The highest BCUT2D eigenvalue weighted by Crippen LogP contribution is 2.37. The van der Waals surface area contributed by atoms with Gasteiger partial charge in [-0.3, -0.25) is 4.79 Å². The van der Waals surface area contributed by atoms with E-state index in [4.69, 9.17) is 53.8 Å². The molecule has 0 atom stereocenters. The average molecular weight is 524 g/mol. The monoisotopic (exact) mass is 522 g/mol. The summed E-state index contributed by atoms with van der Waals surface area (Å²) in [7, 11) is 4.50. The van der Waals surface area contributed by atoms with Crippen LogP contribution in [0.1, 0.15) is 21.5 Å². The summed E-state index contributed by atoms with van der Waals surface area (Å²) < 4.78 is 21.6. The molecule has 0 spiro atoms. The lowest BCUT2D eigenvalue weighted by Gasteiger charge is -2.13. The minimum Gasteiger partial charge on any atom is -0.497 e. The number of carbonyl (C=O) groups is 1. The molecule has 0 aromatic heterocycles. The summed E-state index contributed by atoms with van der Waals surface area (Å²) in [6.07, 6.45) is 1.44. The zero-order valence-electron chi connectivity index (χ0n) is 18.5. The normalized spacial score (nSPS) is 10.8. The molecule has 0 unspecified atom stereocenters. The molecule has 1 amide bonds. The Kier molecular flexibility index (Phi) is 8.87. The summed E-state index contributed by atoms with van der Waals surface area (Å²) in [6, 6.07) is 13.3. The van der Waals surface area contributed by atoms with Crippen molar-refractivity contribution in [2.45, 2.75) is 6.61 Å². The van der Waals surface area contributed by atoms with E-state index in [2.05, 4.69) is 10.5 Å². The molecule has 0 aliphatic carbocycles. The summed E-state index contributed by atoms with van der Waals surface area (Å²) in [4.78, 5) is 12.5. The molecule has 1 N–H and O–H groups in total. The van der Waals surface area contributed by atoms with E-state index in [0.29, 0.717) is 49.2 Å². The Bertz CT molecular complexity index is 1200. The highest BCUT2D eigenvalue weighted by atomic mass is 35.5. The fourth-order valence-corrected chi connectivity index (χ4v) is 3.50. The van der Waals surface area contributed by atoms with Gasteiger partial charge < -0.3 is 18.9 Å². The van der Waals surface area contributed by atoms with Crippen LogP contribution in [0.5, 0.6) is 23.0 Å². The van der Waals surface area contributed by atoms with Crippen LogP contribution in [0.15, 0.2) is 53.6 Å². The van der Waals surface area contributed by atoms with E-state index in [1.165, 1.54) is 27.5 Å². The first-order valence-electron chi connectivity index (χ1n) is 9.85. The zero-order valence-corrected chi connectivity index (χ0v) is 20.8. The van der Waals surface area contributed by atoms with Crippen molar-refractivity contribution >= 4 is 46.9 Å². The number of ether oxygens (including phenoxy) is 4. The topological polar surface area (TPSA) is 78.4 Å². The van der Waals surface area contributed by atoms with E-state index in [-0.39, 0.29) is 6.61 Å². The maximum atomic E-state index is 12.5. The minimum atomic E-state index is -0.437. The van der Waals surface area contributed by atoms with Crippen molar-refractivity contribution in [2.75, 3.05) is 21.3 Å². The lowest BCUT2D eigenvalue weighted by Crippen LogP contribution is -2.17. The Morgan fingerprint density at radius 1 is 0.882 bits per heavy atom. The summed E-state index contributed by atoms with van der Waals surface area (Å²) in [5.41, 5.74) is 4.19. The third kappa shape index (κ3) is 6.47. The number of amides is 1. The number of halogens is 3. The van der Waals surface area contributed by atoms with Crippen LogP contribution < -0.4 is 24.4 Å². The van der Waals surface area contributed by atoms with Crippen molar-refractivity contribution in [1.82, 2.24) is 5.43 Å². The maximum absolute atomic E-state index is 12.5. The van der Waals surface area contributed by atoms with Gasteiger partial charge in [0.1, 0.15) is 18.1 Å². The standard InChI is InChI=1S/C24H21Cl3N2O5/c1-31-17-9-16(10-18(11-17)32-2)24(30)29-28-12-15-7-21(27)23(22(8-15)33-3)34-13-14-4-5-19(25)20(26)6-14/h4-12H,13H2,1-3H3,(H,29,30)/b28-12-. The number of carbonyl (C=O) groups excluding carboxylic acids is 1. The quantitative estimate of drug-likeness (QED) is 0.274. The van der Waals surface area contributed by atoms with E-state index in [0.717, 1.165) is 5.56 Å². The summed E-state index contributed by atoms with van der Waals surface area (Å²) in [6.45, 7) is 0.209. The lowest BCUT2D eigenvalue weighted by molar-refractivity contribution is 0.0954. The molecule has 0 saturated carbocycles. The minimum absolute atomic E-state index is 0.209. The van der Waals surface area contributed by atoms with Crippen molar-refractivity contribution < 1.29 is 23.7 Å². The second-order valence-corrected chi connectivity index (χ2v) is 8.09. The molecule has 0 radical (unpaired) electrons. The van der Waals surface area contributed by atoms with Gasteiger partial charge in [-0.1, -0.05) is 40.9 Å². The van der Waals surface area contributed by atoms with Crippen molar-refractivity contribution in [1.29, 1.82) is 0 Å². The number of hydrogen-bond acceptors (Lipinski definition) is 6. The van der Waals surface area contributed by atoms with Crippen LogP contribution >= 0.6 is 34.8 Å². The van der Waals surface area contributed by atoms with Crippen LogP contribution in [0.3, 0.4) is 0 Å². The van der Waals surface area contributed by atoms with Gasteiger partial charge in [0.25, 0.3) is 5.91 Å². The van der Waals surface area contributed by atoms with Crippen LogP contribution in [-0.2, 0) is 6.61 Å². The summed E-state index contributed by atoms with van der Waals surface area (Å²) >= 11 is 18.4. The van der Waals surface area contributed by atoms with E-state index in [9.17, 15) is 4.79 Å². The van der Waals surface area contributed by atoms with E-state index >= 15 is 0 Å². The number of hydrogen-bond donors (Lipinski definition) is 1. The smallest absolute Gasteiger partial charge is 0.271 e. The number of benzene rings is 3. The lowest BCUT2D eigenvalue weighted by atomic mass is 10.2. The van der Waals surface area contributed by atoms with Crippen molar-refractivity contribution in [2.24, 2.45) is 5.10 Å². The van der Waals surface area contributed by atoms with Gasteiger partial charge in [0.15, 0.2) is 11.5 Å². The van der Waals surface area contributed by atoms with Crippen molar-refractivity contribution in [3.63, 3.8) is 0 Å². The van der Waals surface area contributed by atoms with Crippen molar-refractivity contribution in [3.05, 3.63) is 80.3 Å². The van der Waals surface area contributed by atoms with Gasteiger partial charge in [0, 0.05) is 11.6 Å². The predicted octanol–water partition coefficient (Wildman–Crippen LogP) is 6.02. The summed E-state index contributed by atoms with van der Waals surface area (Å²) in [5, 5.41) is 5.20. The van der Waals surface area contributed by atoms with Gasteiger partial charge in [-0.15, -0.1) is 0 Å². The second-order valence-electron chi connectivity index (χ2n) is 6.87. The average Bonchev–Trinajstić information content (AvgIpc) is 2.84. The van der Waals surface area contributed by atoms with Gasteiger partial charge in [-0.05, 0) is 47.5 Å². The van der Waals surface area contributed by atoms with Crippen LogP contribution in [0.25, 0.3) is 0 Å². The van der Waals surface area contributed by atoms with E-state index in [1.807, 2.05) is 0 Å². The predicted molar refractivity (Wildman–Crippen MR) is 133 cm³/mol. The molecule has 10 heteroatoms. The third-order valence-electron chi connectivity index (χ3n) is 4.61. The first-order chi connectivity index (χ1) is 16.3. The highest BCUT2D eigenvalue weighted by molar-refractivity contribution is 6.42. The molecule has 34 heavy (non-hydrogen) atoms. The third-order valence-corrected chi connectivity index (χ3v) is 5.63. The van der Waals surface area contributed by atoms with Crippen LogP contribution in [0, 0.1) is 0 Å². The Balaban J connectivity index is 1.71. The molecule has 178 valence electrons. The number of nitrogens with one attached hydrogen (secondary N) is 1. The van der Waals surface area contributed by atoms with Gasteiger partial charge in [-0.2, -0.15) is 5.10 Å². The van der Waals surface area contributed by atoms with E-state index < -0.39 is 5.91 Å². The van der Waals surface area contributed by atoms with E-state index in [1.54, 1.807) is 48.5 Å². The molecule has 0 aliphatic rings. The Morgan fingerprint density at radius 3 is 2.21 bits per heavy atom. The molecule has 0 aliphatic heterocycles. The largest absolute Gasteiger partial charge is 0.497 e. The van der Waals surface area contributed by atoms with Crippen LogP contribution in [0.4, 0.5) is 0 Å². The Labute approximate surface area is 212 Å². The maximum Gasteiger partial charge on any atom is 0.271 e. The Hall–Kier alpha value is -3.13. The molecule has 0 fully saturated rings. The highest BCUT2D eigenvalue weighted by Gasteiger charge is 2.13. The molecule has 0 heterocycles. The van der Waals surface area contributed by atoms with Crippen LogP contribution in [-0.4, -0.2) is 33.5 Å². The zero-order chi connectivity index (χ0) is 24.7. The van der Waals surface area contributed by atoms with Gasteiger partial charge in [0.2, 0.25) is 0 Å². The molecular formula is C24H21Cl3N2O5. The van der Waals surface area contributed by atoms with Crippen molar-refractivity contribution in [3.8, 4) is 23.0 Å². The summed E-state index contributed by atoms with van der Waals surface area (Å²) in [5.74, 6) is 1.30. The number of rotatable bonds is 9. The number of nitrogens with zero attached hydrogens (tertiary/aromatic N) is 1. The number of hydrazone groups is 1.